The third-order valence-corrected chi connectivity index (χ3v) is 7.48. The summed E-state index contributed by atoms with van der Waals surface area (Å²) in [5.41, 5.74) is 4.50. The number of H-pyrrole nitrogens is 1. The van der Waals surface area contributed by atoms with Crippen molar-refractivity contribution in [2.24, 2.45) is 0 Å². The van der Waals surface area contributed by atoms with Gasteiger partial charge in [0.15, 0.2) is 11.6 Å². The molecule has 0 spiro atoms. The maximum absolute atomic E-state index is 6.65. The number of ether oxygens (including phenoxy) is 1. The second-order valence-electron chi connectivity index (χ2n) is 8.79. The number of halogens is 1. The topological polar surface area (TPSA) is 84.8 Å². The summed E-state index contributed by atoms with van der Waals surface area (Å²) in [6, 6.07) is 4.36. The van der Waals surface area contributed by atoms with Gasteiger partial charge in [0.25, 0.3) is 0 Å². The normalized spacial score (nSPS) is 16.9. The summed E-state index contributed by atoms with van der Waals surface area (Å²) in [6.07, 6.45) is 5.39. The van der Waals surface area contributed by atoms with Crippen molar-refractivity contribution >= 4 is 50.0 Å². The van der Waals surface area contributed by atoms with E-state index in [0.29, 0.717) is 24.1 Å². The van der Waals surface area contributed by atoms with E-state index in [1.807, 2.05) is 23.0 Å². The Kier molecular flexibility index (Phi) is 5.28. The second-order valence-corrected chi connectivity index (χ2v) is 10.1. The molecule has 34 heavy (non-hydrogen) atoms. The average Bonchev–Trinajstić information content (AvgIpc) is 3.56. The van der Waals surface area contributed by atoms with Gasteiger partial charge >= 0.3 is 0 Å². The van der Waals surface area contributed by atoms with Crippen LogP contribution in [-0.4, -0.2) is 55.5 Å². The van der Waals surface area contributed by atoms with Crippen LogP contribution in [0.3, 0.4) is 0 Å². The van der Waals surface area contributed by atoms with Gasteiger partial charge in [0, 0.05) is 46.9 Å². The number of rotatable bonds is 4. The molecule has 0 saturated carbocycles. The van der Waals surface area contributed by atoms with Gasteiger partial charge < -0.3 is 14.6 Å². The SMILES string of the molecule is CC(C)n1ncc(Cl)c1-c1csc2c(N3CCOC[C@H]3C)nc(-c3ccnc4[nH]ccc34)nc12. The molecule has 0 unspecified atom stereocenters. The lowest BCUT2D eigenvalue weighted by Crippen LogP contribution is -2.44. The zero-order valence-corrected chi connectivity index (χ0v) is 20.7. The van der Waals surface area contributed by atoms with Crippen LogP contribution in [0.4, 0.5) is 5.82 Å². The molecule has 0 amide bonds. The molecule has 0 aromatic carbocycles. The minimum Gasteiger partial charge on any atom is -0.377 e. The average molecular weight is 494 g/mol. The first-order chi connectivity index (χ1) is 16.5. The monoisotopic (exact) mass is 493 g/mol. The van der Waals surface area contributed by atoms with Crippen LogP contribution in [0, 0.1) is 0 Å². The fraction of sp³-hybridized carbons (Fsp3) is 0.333. The summed E-state index contributed by atoms with van der Waals surface area (Å²) < 4.78 is 8.71. The van der Waals surface area contributed by atoms with Crippen molar-refractivity contribution in [3.05, 3.63) is 41.1 Å². The number of hydrogen-bond acceptors (Lipinski definition) is 7. The summed E-state index contributed by atoms with van der Waals surface area (Å²) in [5, 5.41) is 8.25. The molecule has 174 valence electrons. The van der Waals surface area contributed by atoms with Crippen molar-refractivity contribution in [3.8, 4) is 22.6 Å². The van der Waals surface area contributed by atoms with Gasteiger partial charge in [-0.05, 0) is 32.9 Å². The molecule has 1 saturated heterocycles. The maximum atomic E-state index is 6.65. The van der Waals surface area contributed by atoms with Gasteiger partial charge in [-0.1, -0.05) is 11.6 Å². The lowest BCUT2D eigenvalue weighted by molar-refractivity contribution is 0.0987. The van der Waals surface area contributed by atoms with Crippen molar-refractivity contribution in [2.75, 3.05) is 24.7 Å². The van der Waals surface area contributed by atoms with E-state index in [-0.39, 0.29) is 12.1 Å². The second kappa shape index (κ2) is 8.33. The largest absolute Gasteiger partial charge is 0.377 e. The molecule has 0 bridgehead atoms. The van der Waals surface area contributed by atoms with E-state index >= 15 is 0 Å². The Morgan fingerprint density at radius 3 is 2.94 bits per heavy atom. The highest BCUT2D eigenvalue weighted by Gasteiger charge is 2.27. The Bertz CT molecular complexity index is 1500. The van der Waals surface area contributed by atoms with Crippen LogP contribution >= 0.6 is 22.9 Å². The molecule has 5 aromatic rings. The molecule has 6 heterocycles. The zero-order chi connectivity index (χ0) is 23.4. The molecule has 1 N–H and O–H groups in total. The zero-order valence-electron chi connectivity index (χ0n) is 19.1. The highest BCUT2D eigenvalue weighted by molar-refractivity contribution is 7.18. The van der Waals surface area contributed by atoms with Crippen LogP contribution < -0.4 is 4.90 Å². The van der Waals surface area contributed by atoms with Crippen molar-refractivity contribution in [2.45, 2.75) is 32.9 Å². The highest BCUT2D eigenvalue weighted by Crippen LogP contribution is 2.42. The Balaban J connectivity index is 1.65. The van der Waals surface area contributed by atoms with E-state index in [2.05, 4.69) is 46.1 Å². The molecule has 0 aliphatic carbocycles. The van der Waals surface area contributed by atoms with Crippen LogP contribution in [0.2, 0.25) is 5.02 Å². The summed E-state index contributed by atoms with van der Waals surface area (Å²) in [4.78, 5) is 20.2. The Morgan fingerprint density at radius 1 is 1.24 bits per heavy atom. The van der Waals surface area contributed by atoms with Crippen molar-refractivity contribution in [1.29, 1.82) is 0 Å². The predicted molar refractivity (Wildman–Crippen MR) is 137 cm³/mol. The minimum absolute atomic E-state index is 0.164. The van der Waals surface area contributed by atoms with Crippen molar-refractivity contribution < 1.29 is 4.74 Å². The van der Waals surface area contributed by atoms with Gasteiger partial charge in [-0.2, -0.15) is 5.10 Å². The number of fused-ring (bicyclic) bond motifs is 2. The predicted octanol–water partition coefficient (Wildman–Crippen LogP) is 5.56. The molecular weight excluding hydrogens is 470 g/mol. The maximum Gasteiger partial charge on any atom is 0.163 e. The number of nitrogens with zero attached hydrogens (tertiary/aromatic N) is 6. The Hall–Kier alpha value is -3.01. The molecule has 1 fully saturated rings. The van der Waals surface area contributed by atoms with Crippen molar-refractivity contribution in [3.63, 3.8) is 0 Å². The molecule has 8 nitrogen and oxygen atoms in total. The highest BCUT2D eigenvalue weighted by atomic mass is 35.5. The standard InChI is InChI=1S/C24H24ClN7OS/c1-13(2)32-20(18(25)10-28-32)17-12-34-21-19(17)29-23(16-5-7-27-22-15(16)4-6-26-22)30-24(21)31-8-9-33-11-14(31)3/h4-7,10,12-14H,8-9,11H2,1-3H3,(H,26,27)/t14-/m1/s1. The Labute approximate surface area is 205 Å². The summed E-state index contributed by atoms with van der Waals surface area (Å²) >= 11 is 8.30. The smallest absolute Gasteiger partial charge is 0.163 e. The first-order valence-corrected chi connectivity index (χ1v) is 12.6. The van der Waals surface area contributed by atoms with Gasteiger partial charge in [0.05, 0.1) is 46.4 Å². The lowest BCUT2D eigenvalue weighted by atomic mass is 10.1. The third kappa shape index (κ3) is 3.38. The van der Waals surface area contributed by atoms with Crippen LogP contribution in [0.25, 0.3) is 43.9 Å². The molecule has 0 radical (unpaired) electrons. The van der Waals surface area contributed by atoms with E-state index in [1.54, 1.807) is 23.7 Å². The summed E-state index contributed by atoms with van der Waals surface area (Å²) in [6.45, 7) is 8.49. The molecule has 1 aliphatic heterocycles. The molecular formula is C24H24ClN7OS. The number of anilines is 1. The first-order valence-electron chi connectivity index (χ1n) is 11.3. The van der Waals surface area contributed by atoms with E-state index in [9.17, 15) is 0 Å². The van der Waals surface area contributed by atoms with E-state index < -0.39 is 0 Å². The Morgan fingerprint density at radius 2 is 2.12 bits per heavy atom. The fourth-order valence-corrected chi connectivity index (χ4v) is 5.80. The lowest BCUT2D eigenvalue weighted by Gasteiger charge is -2.34. The van der Waals surface area contributed by atoms with Crippen LogP contribution in [-0.2, 0) is 4.74 Å². The van der Waals surface area contributed by atoms with Gasteiger partial charge in [-0.25, -0.2) is 15.0 Å². The number of nitrogens with one attached hydrogen (secondary N) is 1. The van der Waals surface area contributed by atoms with Gasteiger partial charge in [-0.15, -0.1) is 11.3 Å². The molecule has 6 rings (SSSR count). The summed E-state index contributed by atoms with van der Waals surface area (Å²) in [7, 11) is 0. The van der Waals surface area contributed by atoms with Crippen molar-refractivity contribution in [1.82, 2.24) is 29.7 Å². The summed E-state index contributed by atoms with van der Waals surface area (Å²) in [5.74, 6) is 1.60. The van der Waals surface area contributed by atoms with Gasteiger partial charge in [0.1, 0.15) is 5.65 Å². The molecule has 10 heteroatoms. The number of morpholine rings is 1. The van der Waals surface area contributed by atoms with Gasteiger partial charge in [0.2, 0.25) is 0 Å². The minimum atomic E-state index is 0.164. The van der Waals surface area contributed by atoms with Gasteiger partial charge in [-0.3, -0.25) is 4.68 Å². The van der Waals surface area contributed by atoms with E-state index in [1.165, 1.54) is 0 Å². The van der Waals surface area contributed by atoms with E-state index in [4.69, 9.17) is 26.3 Å². The van der Waals surface area contributed by atoms with Crippen LogP contribution in [0.5, 0.6) is 0 Å². The third-order valence-electron chi connectivity index (χ3n) is 6.23. The van der Waals surface area contributed by atoms with Crippen LogP contribution in [0.15, 0.2) is 36.1 Å². The molecule has 5 aromatic heterocycles. The number of aromatic amines is 1. The number of aromatic nitrogens is 6. The molecule has 1 aliphatic rings. The quantitative estimate of drug-likeness (QED) is 0.353. The first kappa shape index (κ1) is 21.5. The van der Waals surface area contributed by atoms with Crippen LogP contribution in [0.1, 0.15) is 26.8 Å². The molecule has 1 atom stereocenters. The van der Waals surface area contributed by atoms with E-state index in [0.717, 1.165) is 50.4 Å². The number of pyridine rings is 1. The number of thiophene rings is 1. The number of hydrogen-bond donors (Lipinski definition) is 1. The fourth-order valence-electron chi connectivity index (χ4n) is 4.57.